The van der Waals surface area contributed by atoms with E-state index in [2.05, 4.69) is 10.4 Å². The molecule has 2 heterocycles. The zero-order chi connectivity index (χ0) is 27.7. The van der Waals surface area contributed by atoms with Gasteiger partial charge >= 0.3 is 6.18 Å². The lowest BCUT2D eigenvalue weighted by Gasteiger charge is -2.39. The number of rotatable bonds is 7. The van der Waals surface area contributed by atoms with Crippen molar-refractivity contribution < 1.29 is 36.9 Å². The summed E-state index contributed by atoms with van der Waals surface area (Å²) >= 11 is 0. The highest BCUT2D eigenvalue weighted by atomic mass is 19.4. The number of carbonyl (C=O) groups is 1. The number of amides is 1. The van der Waals surface area contributed by atoms with E-state index in [4.69, 9.17) is 20.9 Å². The molecular formula is C25H27F4N5O4. The highest BCUT2D eigenvalue weighted by molar-refractivity contribution is 5.96. The van der Waals surface area contributed by atoms with E-state index in [1.807, 2.05) is 0 Å². The Bertz CT molecular complexity index is 1300. The van der Waals surface area contributed by atoms with Gasteiger partial charge < -0.3 is 31.4 Å². The molecule has 1 unspecified atom stereocenters. The van der Waals surface area contributed by atoms with Crippen molar-refractivity contribution in [3.8, 4) is 17.0 Å². The molecule has 0 aliphatic carbocycles. The molecule has 4 rings (SSSR count). The number of aliphatic hydroxyl groups excluding tert-OH is 1. The van der Waals surface area contributed by atoms with Gasteiger partial charge in [0.1, 0.15) is 29.3 Å². The van der Waals surface area contributed by atoms with E-state index in [1.54, 1.807) is 24.3 Å². The van der Waals surface area contributed by atoms with Gasteiger partial charge in [-0.2, -0.15) is 18.3 Å². The van der Waals surface area contributed by atoms with Gasteiger partial charge in [0.25, 0.3) is 5.91 Å². The van der Waals surface area contributed by atoms with Crippen molar-refractivity contribution in [3.63, 3.8) is 0 Å². The van der Waals surface area contributed by atoms with Gasteiger partial charge in [-0.15, -0.1) is 0 Å². The number of aromatic nitrogens is 2. The van der Waals surface area contributed by atoms with E-state index >= 15 is 0 Å². The molecule has 204 valence electrons. The minimum absolute atomic E-state index is 0.00713. The normalized spacial score (nSPS) is 16.2. The molecule has 1 saturated heterocycles. The lowest BCUT2D eigenvalue weighted by atomic mass is 9.89. The Kier molecular flexibility index (Phi) is 7.63. The van der Waals surface area contributed by atoms with Gasteiger partial charge in [0.05, 0.1) is 18.2 Å². The smallest absolute Gasteiger partial charge is 0.413 e. The van der Waals surface area contributed by atoms with Gasteiger partial charge in [0.2, 0.25) is 0 Å². The van der Waals surface area contributed by atoms with Crippen LogP contribution in [-0.2, 0) is 16.8 Å². The first-order chi connectivity index (χ1) is 18.0. The minimum Gasteiger partial charge on any atom is -0.496 e. The number of alkyl halides is 3. The number of halogens is 4. The van der Waals surface area contributed by atoms with E-state index in [0.717, 1.165) is 6.07 Å². The maximum absolute atomic E-state index is 14.3. The maximum atomic E-state index is 14.3. The van der Waals surface area contributed by atoms with Crippen LogP contribution in [0.1, 0.15) is 40.6 Å². The molecule has 0 bridgehead atoms. The van der Waals surface area contributed by atoms with Gasteiger partial charge in [-0.05, 0) is 23.8 Å². The van der Waals surface area contributed by atoms with E-state index in [9.17, 15) is 27.5 Å². The molecule has 0 spiro atoms. The van der Waals surface area contributed by atoms with Crippen molar-refractivity contribution in [1.29, 1.82) is 0 Å². The van der Waals surface area contributed by atoms with Gasteiger partial charge in [-0.1, -0.05) is 24.3 Å². The Hall–Kier alpha value is -3.68. The van der Waals surface area contributed by atoms with Crippen molar-refractivity contribution in [2.75, 3.05) is 26.1 Å². The first-order valence-corrected chi connectivity index (χ1v) is 11.7. The summed E-state index contributed by atoms with van der Waals surface area (Å²) in [6.45, 7) is -0.188. The summed E-state index contributed by atoms with van der Waals surface area (Å²) in [6, 6.07) is 9.94. The predicted molar refractivity (Wildman–Crippen MR) is 129 cm³/mol. The summed E-state index contributed by atoms with van der Waals surface area (Å²) in [5.74, 6) is -1.32. The average Bonchev–Trinajstić information content (AvgIpc) is 3.25. The molecule has 9 nitrogen and oxygen atoms in total. The largest absolute Gasteiger partial charge is 0.496 e. The third-order valence-corrected chi connectivity index (χ3v) is 6.59. The van der Waals surface area contributed by atoms with E-state index < -0.39 is 42.5 Å². The van der Waals surface area contributed by atoms with Crippen LogP contribution in [0.15, 0.2) is 42.5 Å². The molecule has 6 N–H and O–H groups in total. The molecular weight excluding hydrogens is 510 g/mol. The summed E-state index contributed by atoms with van der Waals surface area (Å²) in [6.07, 6.45) is -7.14. The van der Waals surface area contributed by atoms with Crippen LogP contribution in [0.3, 0.4) is 0 Å². The number of nitrogen functional groups attached to an aromatic ring is 1. The van der Waals surface area contributed by atoms with Gasteiger partial charge in [0.15, 0.2) is 5.54 Å². The zero-order valence-electron chi connectivity index (χ0n) is 20.4. The molecule has 38 heavy (non-hydrogen) atoms. The summed E-state index contributed by atoms with van der Waals surface area (Å²) < 4.78 is 67.4. The van der Waals surface area contributed by atoms with Crippen LogP contribution in [0, 0.1) is 5.82 Å². The zero-order valence-corrected chi connectivity index (χ0v) is 20.4. The van der Waals surface area contributed by atoms with Gasteiger partial charge in [-0.25, -0.2) is 9.07 Å². The Morgan fingerprint density at radius 3 is 2.47 bits per heavy atom. The quantitative estimate of drug-likeness (QED) is 0.268. The van der Waals surface area contributed by atoms with Crippen LogP contribution in [0.2, 0.25) is 0 Å². The number of nitrogens with two attached hydrogens (primary N) is 2. The third kappa shape index (κ3) is 5.04. The van der Waals surface area contributed by atoms with Crippen LogP contribution in [0.5, 0.6) is 5.75 Å². The van der Waals surface area contributed by atoms with E-state index in [1.165, 1.54) is 19.2 Å². The molecule has 1 amide bonds. The number of nitrogens with one attached hydrogen (secondary N) is 1. The molecule has 2 aromatic carbocycles. The Morgan fingerprint density at radius 1 is 1.24 bits per heavy atom. The second-order valence-electron chi connectivity index (χ2n) is 8.87. The third-order valence-electron chi connectivity index (χ3n) is 6.59. The Morgan fingerprint density at radius 2 is 1.89 bits per heavy atom. The van der Waals surface area contributed by atoms with Crippen molar-refractivity contribution in [3.05, 3.63) is 65.0 Å². The monoisotopic (exact) mass is 537 g/mol. The molecule has 1 atom stereocenters. The molecule has 3 aromatic rings. The summed E-state index contributed by atoms with van der Waals surface area (Å²) in [7, 11) is 1.36. The van der Waals surface area contributed by atoms with Crippen molar-refractivity contribution in [2.24, 2.45) is 5.73 Å². The number of benzene rings is 2. The number of ether oxygens (including phenoxy) is 2. The number of hydrogen-bond acceptors (Lipinski definition) is 7. The molecule has 13 heteroatoms. The SMILES string of the molecule is COc1ccc(F)cc1C(=O)NCc1ccc(-c2nn(C3(C(F)(F)F)CCOCC3)c(N)c2C(N)O)cc1. The first kappa shape index (κ1) is 27.4. The van der Waals surface area contributed by atoms with Crippen LogP contribution < -0.4 is 21.5 Å². The fourth-order valence-corrected chi connectivity index (χ4v) is 4.51. The van der Waals surface area contributed by atoms with Crippen molar-refractivity contribution >= 4 is 11.7 Å². The molecule has 1 fully saturated rings. The number of nitrogens with zero attached hydrogens (tertiary/aromatic N) is 2. The molecule has 0 radical (unpaired) electrons. The Balaban J connectivity index is 1.61. The van der Waals surface area contributed by atoms with Crippen molar-refractivity contribution in [1.82, 2.24) is 15.1 Å². The summed E-state index contributed by atoms with van der Waals surface area (Å²) in [5, 5.41) is 17.0. The number of aliphatic hydroxyl groups is 1. The molecule has 1 aliphatic heterocycles. The predicted octanol–water partition coefficient (Wildman–Crippen LogP) is 3.23. The lowest BCUT2D eigenvalue weighted by molar-refractivity contribution is -0.238. The minimum atomic E-state index is -4.68. The topological polar surface area (TPSA) is 138 Å². The molecule has 1 aliphatic rings. The maximum Gasteiger partial charge on any atom is 0.413 e. The standard InChI is InChI=1S/C25H27F4N5O4/c1-37-18-7-6-16(26)12-17(18)23(36)32-13-14-2-4-15(5-3-14)20-19(22(31)35)21(30)34(33-20)24(25(27,28)29)8-10-38-11-9-24/h2-7,12,22,35H,8-11,13,30-31H2,1H3,(H,32,36). The summed E-state index contributed by atoms with van der Waals surface area (Å²) in [4.78, 5) is 12.5. The fourth-order valence-electron chi connectivity index (χ4n) is 4.51. The van der Waals surface area contributed by atoms with Crippen LogP contribution >= 0.6 is 0 Å². The lowest BCUT2D eigenvalue weighted by Crippen LogP contribution is -2.52. The average molecular weight is 538 g/mol. The van der Waals surface area contributed by atoms with Gasteiger partial charge in [0, 0.05) is 38.2 Å². The second kappa shape index (κ2) is 10.6. The first-order valence-electron chi connectivity index (χ1n) is 11.7. The number of anilines is 1. The summed E-state index contributed by atoms with van der Waals surface area (Å²) in [5.41, 5.74) is 10.3. The van der Waals surface area contributed by atoms with Crippen LogP contribution in [-0.4, -0.2) is 47.3 Å². The molecule has 0 saturated carbocycles. The van der Waals surface area contributed by atoms with Gasteiger partial charge in [-0.3, -0.25) is 4.79 Å². The van der Waals surface area contributed by atoms with Crippen LogP contribution in [0.4, 0.5) is 23.4 Å². The number of carbonyl (C=O) groups excluding carboxylic acids is 1. The highest BCUT2D eigenvalue weighted by Gasteiger charge is 2.58. The molecule has 1 aromatic heterocycles. The second-order valence-corrected chi connectivity index (χ2v) is 8.87. The number of hydrogen-bond donors (Lipinski definition) is 4. The van der Waals surface area contributed by atoms with E-state index in [0.29, 0.717) is 15.8 Å². The fraction of sp³-hybridized carbons (Fsp3) is 0.360. The Labute approximate surface area is 215 Å². The van der Waals surface area contributed by atoms with Crippen molar-refractivity contribution in [2.45, 2.75) is 37.3 Å². The number of methoxy groups -OCH3 is 1. The van der Waals surface area contributed by atoms with E-state index in [-0.39, 0.29) is 48.1 Å². The highest BCUT2D eigenvalue weighted by Crippen LogP contribution is 2.47. The van der Waals surface area contributed by atoms with Crippen LogP contribution in [0.25, 0.3) is 11.3 Å².